The first-order valence-electron chi connectivity index (χ1n) is 8.98. The topological polar surface area (TPSA) is 81.2 Å². The summed E-state index contributed by atoms with van der Waals surface area (Å²) in [5, 5.41) is 8.17. The zero-order valence-corrected chi connectivity index (χ0v) is 17.2. The fourth-order valence-electron chi connectivity index (χ4n) is 3.24. The molecule has 7 heteroatoms. The fourth-order valence-corrected chi connectivity index (χ4v) is 4.74. The molecule has 0 saturated carbocycles. The smallest absolute Gasteiger partial charge is 0.262 e. The molecule has 0 unspecified atom stereocenters. The van der Waals surface area contributed by atoms with E-state index in [9.17, 15) is 8.42 Å². The molecule has 0 fully saturated rings. The van der Waals surface area contributed by atoms with Crippen LogP contribution in [0.4, 0.5) is 5.69 Å². The summed E-state index contributed by atoms with van der Waals surface area (Å²) in [7, 11) is -3.71. The van der Waals surface area contributed by atoms with Crippen molar-refractivity contribution in [3.63, 3.8) is 0 Å². The molecule has 146 valence electrons. The Bertz CT molecular complexity index is 1070. The molecule has 1 N–H and O–H groups in total. The standard InChI is InChI=1S/C21H23N3O3S/c1-5-27-20-10-9-19(22-23-20)17-7-6-8-18(13-17)24-28(25,26)21-15(3)11-14(2)12-16(21)4/h6-13,24H,5H2,1-4H3. The molecule has 1 aromatic heterocycles. The maximum absolute atomic E-state index is 13.0. The Kier molecular flexibility index (Phi) is 5.65. The maximum atomic E-state index is 13.0. The van der Waals surface area contributed by atoms with E-state index < -0.39 is 10.0 Å². The van der Waals surface area contributed by atoms with Gasteiger partial charge in [-0.05, 0) is 57.0 Å². The van der Waals surface area contributed by atoms with E-state index in [2.05, 4.69) is 14.9 Å². The van der Waals surface area contributed by atoms with E-state index in [-0.39, 0.29) is 0 Å². The number of benzene rings is 2. The van der Waals surface area contributed by atoms with E-state index in [1.807, 2.05) is 32.0 Å². The number of ether oxygens (including phenoxy) is 1. The number of hydrogen-bond donors (Lipinski definition) is 1. The van der Waals surface area contributed by atoms with E-state index in [0.717, 1.165) is 22.3 Å². The van der Waals surface area contributed by atoms with Crippen LogP contribution in [0.2, 0.25) is 0 Å². The molecule has 0 saturated heterocycles. The molecule has 0 bridgehead atoms. The van der Waals surface area contributed by atoms with Crippen molar-refractivity contribution in [3.05, 3.63) is 65.2 Å². The summed E-state index contributed by atoms with van der Waals surface area (Å²) in [6, 6.07) is 14.3. The number of nitrogens with one attached hydrogen (secondary N) is 1. The van der Waals surface area contributed by atoms with E-state index >= 15 is 0 Å². The molecule has 0 atom stereocenters. The largest absolute Gasteiger partial charge is 0.477 e. The highest BCUT2D eigenvalue weighted by atomic mass is 32.2. The summed E-state index contributed by atoms with van der Waals surface area (Å²) >= 11 is 0. The number of rotatable bonds is 6. The molecule has 0 spiro atoms. The summed E-state index contributed by atoms with van der Waals surface area (Å²) in [6.45, 7) is 7.96. The second-order valence-electron chi connectivity index (χ2n) is 6.60. The second-order valence-corrected chi connectivity index (χ2v) is 8.22. The molecule has 0 aliphatic heterocycles. The quantitative estimate of drug-likeness (QED) is 0.672. The van der Waals surface area contributed by atoms with Crippen LogP contribution in [0, 0.1) is 20.8 Å². The van der Waals surface area contributed by atoms with Gasteiger partial charge in [-0.2, -0.15) is 0 Å². The average molecular weight is 398 g/mol. The zero-order chi connectivity index (χ0) is 20.3. The molecular formula is C21H23N3O3S. The molecule has 6 nitrogen and oxygen atoms in total. The van der Waals surface area contributed by atoms with Crippen LogP contribution in [0.3, 0.4) is 0 Å². The molecule has 0 amide bonds. The van der Waals surface area contributed by atoms with Gasteiger partial charge in [0.05, 0.1) is 17.2 Å². The number of anilines is 1. The number of nitrogens with zero attached hydrogens (tertiary/aromatic N) is 2. The minimum atomic E-state index is -3.71. The lowest BCUT2D eigenvalue weighted by molar-refractivity contribution is 0.323. The third kappa shape index (κ3) is 4.31. The molecule has 0 aliphatic rings. The highest BCUT2D eigenvalue weighted by Crippen LogP contribution is 2.26. The van der Waals surface area contributed by atoms with E-state index in [1.165, 1.54) is 0 Å². The van der Waals surface area contributed by atoms with Gasteiger partial charge in [-0.25, -0.2) is 8.42 Å². The monoisotopic (exact) mass is 397 g/mol. The normalized spacial score (nSPS) is 11.3. The van der Waals surface area contributed by atoms with Gasteiger partial charge < -0.3 is 4.74 Å². The second kappa shape index (κ2) is 7.98. The first-order chi connectivity index (χ1) is 13.3. The van der Waals surface area contributed by atoms with Gasteiger partial charge in [-0.3, -0.25) is 4.72 Å². The summed E-state index contributed by atoms with van der Waals surface area (Å²) in [5.74, 6) is 0.452. The summed E-state index contributed by atoms with van der Waals surface area (Å²) in [4.78, 5) is 0.310. The third-order valence-corrected chi connectivity index (χ3v) is 5.90. The van der Waals surface area contributed by atoms with Gasteiger partial charge >= 0.3 is 0 Å². The predicted molar refractivity (Wildman–Crippen MR) is 110 cm³/mol. The van der Waals surface area contributed by atoms with Crippen molar-refractivity contribution in [1.29, 1.82) is 0 Å². The Morgan fingerprint density at radius 2 is 1.68 bits per heavy atom. The Morgan fingerprint density at radius 1 is 0.964 bits per heavy atom. The number of aromatic nitrogens is 2. The van der Waals surface area contributed by atoms with Gasteiger partial charge in [0.2, 0.25) is 5.88 Å². The highest BCUT2D eigenvalue weighted by molar-refractivity contribution is 7.92. The summed E-state index contributed by atoms with van der Waals surface area (Å²) in [5.41, 5.74) is 4.33. The lowest BCUT2D eigenvalue weighted by atomic mass is 10.1. The van der Waals surface area contributed by atoms with Crippen LogP contribution in [-0.4, -0.2) is 25.2 Å². The lowest BCUT2D eigenvalue weighted by Gasteiger charge is -2.14. The van der Waals surface area contributed by atoms with Gasteiger partial charge in [-0.1, -0.05) is 29.8 Å². The van der Waals surface area contributed by atoms with Crippen molar-refractivity contribution in [2.24, 2.45) is 0 Å². The van der Waals surface area contributed by atoms with E-state index in [4.69, 9.17) is 4.74 Å². The number of hydrogen-bond acceptors (Lipinski definition) is 5. The van der Waals surface area contributed by atoms with E-state index in [1.54, 1.807) is 44.2 Å². The van der Waals surface area contributed by atoms with E-state index in [0.29, 0.717) is 28.8 Å². The zero-order valence-electron chi connectivity index (χ0n) is 16.4. The van der Waals surface area contributed by atoms with Crippen LogP contribution in [0.25, 0.3) is 11.3 Å². The lowest BCUT2D eigenvalue weighted by Crippen LogP contribution is -2.16. The molecular weight excluding hydrogens is 374 g/mol. The molecule has 3 aromatic rings. The van der Waals surface area contributed by atoms with Crippen molar-refractivity contribution in [2.75, 3.05) is 11.3 Å². The van der Waals surface area contributed by atoms with Crippen LogP contribution >= 0.6 is 0 Å². The predicted octanol–water partition coefficient (Wildman–Crippen LogP) is 4.27. The van der Waals surface area contributed by atoms with Crippen molar-refractivity contribution in [2.45, 2.75) is 32.6 Å². The molecule has 0 aliphatic carbocycles. The van der Waals surface area contributed by atoms with Gasteiger partial charge in [0.1, 0.15) is 0 Å². The Balaban J connectivity index is 1.90. The molecule has 3 rings (SSSR count). The van der Waals surface area contributed by atoms with Gasteiger partial charge in [0, 0.05) is 17.3 Å². The van der Waals surface area contributed by atoms with Crippen LogP contribution in [0.15, 0.2) is 53.4 Å². The van der Waals surface area contributed by atoms with Crippen molar-refractivity contribution in [3.8, 4) is 17.1 Å². The Morgan fingerprint density at radius 3 is 2.29 bits per heavy atom. The van der Waals surface area contributed by atoms with Crippen molar-refractivity contribution >= 4 is 15.7 Å². The molecule has 0 radical (unpaired) electrons. The first kappa shape index (κ1) is 19.8. The minimum absolute atomic E-state index is 0.310. The van der Waals surface area contributed by atoms with Gasteiger partial charge in [0.15, 0.2) is 0 Å². The Labute approximate surface area is 165 Å². The summed E-state index contributed by atoms with van der Waals surface area (Å²) < 4.78 is 33.9. The minimum Gasteiger partial charge on any atom is -0.477 e. The average Bonchev–Trinajstić information content (AvgIpc) is 2.61. The molecule has 1 heterocycles. The van der Waals surface area contributed by atoms with Crippen LogP contribution in [0.5, 0.6) is 5.88 Å². The maximum Gasteiger partial charge on any atom is 0.262 e. The van der Waals surface area contributed by atoms with Crippen molar-refractivity contribution < 1.29 is 13.2 Å². The first-order valence-corrected chi connectivity index (χ1v) is 10.5. The molecule has 2 aromatic carbocycles. The van der Waals surface area contributed by atoms with Crippen LogP contribution in [-0.2, 0) is 10.0 Å². The van der Waals surface area contributed by atoms with Gasteiger partial charge in [-0.15, -0.1) is 10.2 Å². The van der Waals surface area contributed by atoms with Gasteiger partial charge in [0.25, 0.3) is 10.0 Å². The van der Waals surface area contributed by atoms with Crippen LogP contribution < -0.4 is 9.46 Å². The summed E-state index contributed by atoms with van der Waals surface area (Å²) in [6.07, 6.45) is 0. The highest BCUT2D eigenvalue weighted by Gasteiger charge is 2.20. The SMILES string of the molecule is CCOc1ccc(-c2cccc(NS(=O)(=O)c3c(C)cc(C)cc3C)c2)nn1. The molecule has 28 heavy (non-hydrogen) atoms. The van der Waals surface area contributed by atoms with Crippen LogP contribution in [0.1, 0.15) is 23.6 Å². The number of aryl methyl sites for hydroxylation is 3. The number of sulfonamides is 1. The third-order valence-electron chi connectivity index (χ3n) is 4.22. The Hall–Kier alpha value is -2.93. The van der Waals surface area contributed by atoms with Crippen molar-refractivity contribution in [1.82, 2.24) is 10.2 Å². The fraction of sp³-hybridized carbons (Fsp3) is 0.238.